The third-order valence-corrected chi connectivity index (χ3v) is 6.21. The number of hydrogen-bond donors (Lipinski definition) is 0. The van der Waals surface area contributed by atoms with Gasteiger partial charge < -0.3 is 4.52 Å². The van der Waals surface area contributed by atoms with Crippen molar-refractivity contribution in [2.24, 2.45) is 0 Å². The molecule has 0 aromatic carbocycles. The van der Waals surface area contributed by atoms with Crippen molar-refractivity contribution in [2.45, 2.75) is 64.4 Å². The SMILES string of the molecule is CCCCn1c(SCc2noc(CC)n2)nc2sc(C)c(C)c2c1=O. The molecule has 0 saturated carbocycles. The molecule has 0 radical (unpaired) electrons. The van der Waals surface area contributed by atoms with Crippen molar-refractivity contribution in [3.05, 3.63) is 32.5 Å². The van der Waals surface area contributed by atoms with Crippen molar-refractivity contribution in [2.75, 3.05) is 0 Å². The minimum absolute atomic E-state index is 0.0603. The first kappa shape index (κ1) is 18.1. The van der Waals surface area contributed by atoms with Crippen LogP contribution in [0.4, 0.5) is 0 Å². The van der Waals surface area contributed by atoms with Gasteiger partial charge in [-0.1, -0.05) is 37.2 Å². The second kappa shape index (κ2) is 7.70. The topological polar surface area (TPSA) is 73.8 Å². The molecule has 3 aromatic heterocycles. The van der Waals surface area contributed by atoms with Crippen LogP contribution in [0.5, 0.6) is 0 Å². The Hall–Kier alpha value is -1.67. The van der Waals surface area contributed by atoms with Crippen LogP contribution < -0.4 is 5.56 Å². The van der Waals surface area contributed by atoms with Crippen molar-refractivity contribution in [3.63, 3.8) is 0 Å². The summed E-state index contributed by atoms with van der Waals surface area (Å²) in [7, 11) is 0. The van der Waals surface area contributed by atoms with Crippen LogP contribution in [0.1, 0.15) is 48.8 Å². The summed E-state index contributed by atoms with van der Waals surface area (Å²) in [5.74, 6) is 1.81. The van der Waals surface area contributed by atoms with Gasteiger partial charge in [0.15, 0.2) is 11.0 Å². The van der Waals surface area contributed by atoms with E-state index in [0.29, 0.717) is 24.0 Å². The third-order valence-electron chi connectivity index (χ3n) is 4.13. The molecule has 0 N–H and O–H groups in total. The molecule has 0 bridgehead atoms. The zero-order valence-corrected chi connectivity index (χ0v) is 16.6. The molecule has 0 fully saturated rings. The van der Waals surface area contributed by atoms with E-state index < -0.39 is 0 Å². The molecule has 0 spiro atoms. The molecule has 25 heavy (non-hydrogen) atoms. The fraction of sp³-hybridized carbons (Fsp3) is 0.529. The van der Waals surface area contributed by atoms with Crippen molar-refractivity contribution in [1.29, 1.82) is 0 Å². The van der Waals surface area contributed by atoms with Gasteiger partial charge in [-0.15, -0.1) is 11.3 Å². The third kappa shape index (κ3) is 3.64. The van der Waals surface area contributed by atoms with Gasteiger partial charge in [-0.05, 0) is 25.8 Å². The summed E-state index contributed by atoms with van der Waals surface area (Å²) in [6.45, 7) is 8.82. The van der Waals surface area contributed by atoms with E-state index in [0.717, 1.165) is 45.1 Å². The largest absolute Gasteiger partial charge is 0.339 e. The van der Waals surface area contributed by atoms with E-state index >= 15 is 0 Å². The highest BCUT2D eigenvalue weighted by Gasteiger charge is 2.17. The van der Waals surface area contributed by atoms with Crippen LogP contribution in [0, 0.1) is 13.8 Å². The zero-order valence-electron chi connectivity index (χ0n) is 15.0. The van der Waals surface area contributed by atoms with E-state index in [1.54, 1.807) is 15.9 Å². The van der Waals surface area contributed by atoms with Crippen LogP contribution in [0.3, 0.4) is 0 Å². The smallest absolute Gasteiger partial charge is 0.263 e. The lowest BCUT2D eigenvalue weighted by Gasteiger charge is -2.11. The minimum Gasteiger partial charge on any atom is -0.339 e. The lowest BCUT2D eigenvalue weighted by atomic mass is 10.2. The van der Waals surface area contributed by atoms with Crippen LogP contribution in [0.15, 0.2) is 14.5 Å². The highest BCUT2D eigenvalue weighted by molar-refractivity contribution is 7.98. The standard InChI is InChI=1S/C17H22N4O2S2/c1-5-7-8-21-16(22)14-10(3)11(4)25-15(14)19-17(21)24-9-12-18-13(6-2)23-20-12/h5-9H2,1-4H3. The molecule has 0 aliphatic carbocycles. The first-order valence-electron chi connectivity index (χ1n) is 8.49. The lowest BCUT2D eigenvalue weighted by Crippen LogP contribution is -2.23. The molecule has 3 rings (SSSR count). The molecule has 0 amide bonds. The molecule has 0 aliphatic rings. The van der Waals surface area contributed by atoms with Crippen LogP contribution in [-0.4, -0.2) is 19.7 Å². The molecule has 3 aromatic rings. The molecular formula is C17H22N4O2S2. The molecule has 134 valence electrons. The Kier molecular flexibility index (Phi) is 5.58. The first-order chi connectivity index (χ1) is 12.0. The highest BCUT2D eigenvalue weighted by Crippen LogP contribution is 2.29. The van der Waals surface area contributed by atoms with Crippen LogP contribution >= 0.6 is 23.1 Å². The molecule has 3 heterocycles. The minimum atomic E-state index is 0.0603. The average Bonchev–Trinajstić information content (AvgIpc) is 3.17. The van der Waals surface area contributed by atoms with Crippen LogP contribution in [0.2, 0.25) is 0 Å². The quantitative estimate of drug-likeness (QED) is 0.455. The van der Waals surface area contributed by atoms with E-state index in [4.69, 9.17) is 9.51 Å². The molecular weight excluding hydrogens is 356 g/mol. The highest BCUT2D eigenvalue weighted by atomic mass is 32.2. The van der Waals surface area contributed by atoms with Gasteiger partial charge in [0.1, 0.15) is 4.83 Å². The maximum Gasteiger partial charge on any atom is 0.263 e. The average molecular weight is 379 g/mol. The zero-order chi connectivity index (χ0) is 18.0. The fourth-order valence-corrected chi connectivity index (χ4v) is 4.49. The summed E-state index contributed by atoms with van der Waals surface area (Å²) in [4.78, 5) is 24.1. The van der Waals surface area contributed by atoms with Gasteiger partial charge in [-0.2, -0.15) is 4.98 Å². The predicted molar refractivity (Wildman–Crippen MR) is 101 cm³/mol. The van der Waals surface area contributed by atoms with Gasteiger partial charge in [0.25, 0.3) is 5.56 Å². The Morgan fingerprint density at radius 1 is 1.24 bits per heavy atom. The molecule has 8 heteroatoms. The fourth-order valence-electron chi connectivity index (χ4n) is 2.55. The number of nitrogens with zero attached hydrogens (tertiary/aromatic N) is 4. The summed E-state index contributed by atoms with van der Waals surface area (Å²) in [5, 5.41) is 5.47. The number of thiophene rings is 1. The summed E-state index contributed by atoms with van der Waals surface area (Å²) in [6, 6.07) is 0. The van der Waals surface area contributed by atoms with Crippen LogP contribution in [-0.2, 0) is 18.7 Å². The second-order valence-corrected chi connectivity index (χ2v) is 8.06. The van der Waals surface area contributed by atoms with Crippen LogP contribution in [0.25, 0.3) is 10.2 Å². The monoisotopic (exact) mass is 378 g/mol. The van der Waals surface area contributed by atoms with Gasteiger partial charge in [0.05, 0.1) is 11.1 Å². The van der Waals surface area contributed by atoms with E-state index in [2.05, 4.69) is 17.1 Å². The number of fused-ring (bicyclic) bond motifs is 1. The van der Waals surface area contributed by atoms with Crippen molar-refractivity contribution >= 4 is 33.3 Å². The summed E-state index contributed by atoms with van der Waals surface area (Å²) in [5.41, 5.74) is 1.11. The number of aryl methyl sites for hydroxylation is 3. The van der Waals surface area contributed by atoms with Gasteiger partial charge in [0, 0.05) is 17.8 Å². The Labute approximate surface area is 154 Å². The summed E-state index contributed by atoms with van der Waals surface area (Å²) < 4.78 is 6.95. The van der Waals surface area contributed by atoms with E-state index in [1.165, 1.54) is 11.8 Å². The normalized spacial score (nSPS) is 11.5. The molecule has 0 atom stereocenters. The van der Waals surface area contributed by atoms with Crippen molar-refractivity contribution in [3.8, 4) is 0 Å². The number of unbranched alkanes of at least 4 members (excludes halogenated alkanes) is 1. The maximum absolute atomic E-state index is 13.0. The number of aromatic nitrogens is 4. The maximum atomic E-state index is 13.0. The number of rotatable bonds is 7. The molecule has 0 saturated heterocycles. The van der Waals surface area contributed by atoms with E-state index in [9.17, 15) is 4.79 Å². The molecule has 6 nitrogen and oxygen atoms in total. The summed E-state index contributed by atoms with van der Waals surface area (Å²) >= 11 is 3.07. The Morgan fingerprint density at radius 3 is 2.72 bits per heavy atom. The predicted octanol–water partition coefficient (Wildman–Crippen LogP) is 4.11. The first-order valence-corrected chi connectivity index (χ1v) is 10.3. The Bertz CT molecular complexity index is 942. The Morgan fingerprint density at radius 2 is 2.04 bits per heavy atom. The van der Waals surface area contributed by atoms with Crippen molar-refractivity contribution < 1.29 is 4.52 Å². The second-order valence-electron chi connectivity index (χ2n) is 5.91. The van der Waals surface area contributed by atoms with Gasteiger partial charge in [0.2, 0.25) is 5.89 Å². The number of hydrogen-bond acceptors (Lipinski definition) is 7. The lowest BCUT2D eigenvalue weighted by molar-refractivity contribution is 0.378. The Balaban J connectivity index is 1.98. The molecule has 0 aliphatic heterocycles. The number of thioether (sulfide) groups is 1. The van der Waals surface area contributed by atoms with E-state index in [-0.39, 0.29) is 5.56 Å². The summed E-state index contributed by atoms with van der Waals surface area (Å²) in [6.07, 6.45) is 2.70. The van der Waals surface area contributed by atoms with Gasteiger partial charge in [-0.25, -0.2) is 4.98 Å². The van der Waals surface area contributed by atoms with Gasteiger partial charge >= 0.3 is 0 Å². The van der Waals surface area contributed by atoms with E-state index in [1.807, 2.05) is 20.8 Å². The van der Waals surface area contributed by atoms with Crippen molar-refractivity contribution in [1.82, 2.24) is 19.7 Å². The van der Waals surface area contributed by atoms with Gasteiger partial charge in [-0.3, -0.25) is 9.36 Å². The molecule has 0 unspecified atom stereocenters.